The van der Waals surface area contributed by atoms with Gasteiger partial charge in [-0.1, -0.05) is 13.8 Å². The SMILES string of the molecule is CCCNCC1(CCS(=O)(=O)CC)CCOC1C1CC1. The van der Waals surface area contributed by atoms with E-state index in [-0.39, 0.29) is 17.3 Å². The van der Waals surface area contributed by atoms with Crippen molar-refractivity contribution in [3.63, 3.8) is 0 Å². The maximum Gasteiger partial charge on any atom is 0.150 e. The van der Waals surface area contributed by atoms with E-state index < -0.39 is 9.84 Å². The van der Waals surface area contributed by atoms with Crippen LogP contribution in [-0.4, -0.2) is 45.7 Å². The molecule has 1 saturated heterocycles. The van der Waals surface area contributed by atoms with E-state index in [9.17, 15) is 8.42 Å². The Bertz CT molecular complexity index is 405. The smallest absolute Gasteiger partial charge is 0.150 e. The van der Waals surface area contributed by atoms with E-state index in [2.05, 4.69) is 12.2 Å². The normalized spacial score (nSPS) is 30.8. The first kappa shape index (κ1) is 16.2. The van der Waals surface area contributed by atoms with Crippen molar-refractivity contribution in [3.05, 3.63) is 0 Å². The molecule has 0 aromatic carbocycles. The highest BCUT2D eigenvalue weighted by Gasteiger charge is 2.50. The van der Waals surface area contributed by atoms with Gasteiger partial charge < -0.3 is 10.1 Å². The van der Waals surface area contributed by atoms with Gasteiger partial charge in [0.2, 0.25) is 0 Å². The zero-order valence-electron chi connectivity index (χ0n) is 12.9. The zero-order chi connectivity index (χ0) is 14.6. The average molecular weight is 303 g/mol. The van der Waals surface area contributed by atoms with Crippen LogP contribution in [0.15, 0.2) is 0 Å². The molecule has 0 bridgehead atoms. The number of hydrogen-bond donors (Lipinski definition) is 1. The van der Waals surface area contributed by atoms with Crippen LogP contribution in [0.3, 0.4) is 0 Å². The molecule has 1 aliphatic carbocycles. The van der Waals surface area contributed by atoms with Crippen LogP contribution >= 0.6 is 0 Å². The highest BCUT2D eigenvalue weighted by molar-refractivity contribution is 7.91. The van der Waals surface area contributed by atoms with E-state index in [1.807, 2.05) is 0 Å². The molecule has 2 atom stereocenters. The molecule has 118 valence electrons. The van der Waals surface area contributed by atoms with Crippen molar-refractivity contribution in [2.24, 2.45) is 11.3 Å². The highest BCUT2D eigenvalue weighted by Crippen LogP contribution is 2.49. The first-order chi connectivity index (χ1) is 9.53. The molecular formula is C15H29NO3S. The molecule has 0 spiro atoms. The predicted molar refractivity (Wildman–Crippen MR) is 81.6 cm³/mol. The molecule has 4 nitrogen and oxygen atoms in total. The fourth-order valence-electron chi connectivity index (χ4n) is 3.31. The third-order valence-electron chi connectivity index (χ3n) is 4.81. The summed E-state index contributed by atoms with van der Waals surface area (Å²) in [5.74, 6) is 1.23. The Labute approximate surface area is 123 Å². The lowest BCUT2D eigenvalue weighted by Gasteiger charge is -2.34. The molecule has 0 amide bonds. The van der Waals surface area contributed by atoms with E-state index in [1.54, 1.807) is 6.92 Å². The molecular weight excluding hydrogens is 274 g/mol. The molecule has 0 aromatic rings. The van der Waals surface area contributed by atoms with Gasteiger partial charge >= 0.3 is 0 Å². The van der Waals surface area contributed by atoms with Crippen LogP contribution in [0, 0.1) is 11.3 Å². The summed E-state index contributed by atoms with van der Waals surface area (Å²) in [5, 5.41) is 3.51. The van der Waals surface area contributed by atoms with Gasteiger partial charge in [0.25, 0.3) is 0 Å². The van der Waals surface area contributed by atoms with E-state index in [4.69, 9.17) is 4.74 Å². The summed E-state index contributed by atoms with van der Waals surface area (Å²) in [7, 11) is -2.89. The summed E-state index contributed by atoms with van der Waals surface area (Å²) in [6, 6.07) is 0. The third kappa shape index (κ3) is 3.95. The minimum Gasteiger partial charge on any atom is -0.377 e. The Morgan fingerprint density at radius 3 is 2.65 bits per heavy atom. The Hall–Kier alpha value is -0.130. The van der Waals surface area contributed by atoms with Crippen molar-refractivity contribution in [2.45, 2.75) is 52.1 Å². The molecule has 20 heavy (non-hydrogen) atoms. The summed E-state index contributed by atoms with van der Waals surface area (Å²) < 4.78 is 29.7. The van der Waals surface area contributed by atoms with Gasteiger partial charge in [0.15, 0.2) is 0 Å². The van der Waals surface area contributed by atoms with Gasteiger partial charge in [-0.2, -0.15) is 0 Å². The maximum atomic E-state index is 11.9. The predicted octanol–water partition coefficient (Wildman–Crippen LogP) is 2.00. The van der Waals surface area contributed by atoms with Crippen LogP contribution in [0.5, 0.6) is 0 Å². The molecule has 2 unspecified atom stereocenters. The first-order valence-corrected chi connectivity index (χ1v) is 9.88. The Kier molecular flexibility index (Phi) is 5.49. The molecule has 0 aromatic heterocycles. The van der Waals surface area contributed by atoms with Gasteiger partial charge in [0.1, 0.15) is 9.84 Å². The first-order valence-electron chi connectivity index (χ1n) is 8.06. The minimum atomic E-state index is -2.89. The number of rotatable bonds is 9. The van der Waals surface area contributed by atoms with Gasteiger partial charge in [0, 0.05) is 24.3 Å². The van der Waals surface area contributed by atoms with Crippen molar-refractivity contribution in [1.29, 1.82) is 0 Å². The third-order valence-corrected chi connectivity index (χ3v) is 6.51. The summed E-state index contributed by atoms with van der Waals surface area (Å²) in [4.78, 5) is 0. The second kappa shape index (κ2) is 6.75. The molecule has 0 radical (unpaired) electrons. The number of hydrogen-bond acceptors (Lipinski definition) is 4. The minimum absolute atomic E-state index is 0.0403. The average Bonchev–Trinajstić information content (AvgIpc) is 3.19. The number of nitrogens with one attached hydrogen (secondary N) is 1. The quantitative estimate of drug-likeness (QED) is 0.662. The van der Waals surface area contributed by atoms with Gasteiger partial charge in [-0.15, -0.1) is 0 Å². The van der Waals surface area contributed by atoms with E-state index in [0.717, 1.165) is 39.0 Å². The maximum absolute atomic E-state index is 11.9. The number of sulfone groups is 1. The van der Waals surface area contributed by atoms with Crippen molar-refractivity contribution in [3.8, 4) is 0 Å². The molecule has 2 rings (SSSR count). The zero-order valence-corrected chi connectivity index (χ0v) is 13.7. The lowest BCUT2D eigenvalue weighted by molar-refractivity contribution is 0.0292. The largest absolute Gasteiger partial charge is 0.377 e. The Balaban J connectivity index is 2.02. The molecule has 1 saturated carbocycles. The van der Waals surface area contributed by atoms with Crippen LogP contribution in [0.2, 0.25) is 0 Å². The van der Waals surface area contributed by atoms with Gasteiger partial charge in [-0.05, 0) is 44.6 Å². The molecule has 2 fully saturated rings. The fraction of sp³-hybridized carbons (Fsp3) is 1.00. The van der Waals surface area contributed by atoms with Crippen LogP contribution in [0.4, 0.5) is 0 Å². The van der Waals surface area contributed by atoms with E-state index >= 15 is 0 Å². The van der Waals surface area contributed by atoms with Crippen LogP contribution < -0.4 is 5.32 Å². The topological polar surface area (TPSA) is 55.4 Å². The second-order valence-corrected chi connectivity index (χ2v) is 8.88. The number of ether oxygens (including phenoxy) is 1. The molecule has 5 heteroatoms. The lowest BCUT2D eigenvalue weighted by atomic mass is 9.76. The fourth-order valence-corrected chi connectivity index (χ4v) is 4.31. The molecule has 1 aliphatic heterocycles. The standard InChI is InChI=1S/C15H29NO3S/c1-3-9-16-12-15(8-11-20(17,18)4-2)7-10-19-14(15)13-5-6-13/h13-14,16H,3-12H2,1-2H3. The van der Waals surface area contributed by atoms with E-state index in [1.165, 1.54) is 12.8 Å². The summed E-state index contributed by atoms with van der Waals surface area (Å²) >= 11 is 0. The van der Waals surface area contributed by atoms with Crippen LogP contribution in [-0.2, 0) is 14.6 Å². The molecule has 1 N–H and O–H groups in total. The van der Waals surface area contributed by atoms with Crippen LogP contribution in [0.1, 0.15) is 46.0 Å². The summed E-state index contributed by atoms with van der Waals surface area (Å²) in [6.45, 7) is 6.59. The second-order valence-electron chi connectivity index (χ2n) is 6.40. The van der Waals surface area contributed by atoms with Crippen molar-refractivity contribution in [2.75, 3.05) is 31.2 Å². The van der Waals surface area contributed by atoms with Crippen molar-refractivity contribution >= 4 is 9.84 Å². The van der Waals surface area contributed by atoms with Crippen molar-refractivity contribution < 1.29 is 13.2 Å². The van der Waals surface area contributed by atoms with Gasteiger partial charge in [0.05, 0.1) is 11.9 Å². The van der Waals surface area contributed by atoms with E-state index in [0.29, 0.717) is 11.7 Å². The van der Waals surface area contributed by atoms with Gasteiger partial charge in [-0.3, -0.25) is 0 Å². The lowest BCUT2D eigenvalue weighted by Crippen LogP contribution is -2.43. The molecule has 2 aliphatic rings. The monoisotopic (exact) mass is 303 g/mol. The van der Waals surface area contributed by atoms with Crippen LogP contribution in [0.25, 0.3) is 0 Å². The highest BCUT2D eigenvalue weighted by atomic mass is 32.2. The summed E-state index contributed by atoms with van der Waals surface area (Å²) in [6.07, 6.45) is 5.64. The van der Waals surface area contributed by atoms with Crippen molar-refractivity contribution in [1.82, 2.24) is 5.32 Å². The summed E-state index contributed by atoms with van der Waals surface area (Å²) in [5.41, 5.74) is 0.0403. The Morgan fingerprint density at radius 2 is 2.05 bits per heavy atom. The Morgan fingerprint density at radius 1 is 1.30 bits per heavy atom. The van der Waals surface area contributed by atoms with Gasteiger partial charge in [-0.25, -0.2) is 8.42 Å². The molecule has 1 heterocycles.